The van der Waals surface area contributed by atoms with Gasteiger partial charge >= 0.3 is 11.9 Å². The molecule has 1 N–H and O–H groups in total. The average Bonchev–Trinajstić information content (AvgIpc) is 2.73. The van der Waals surface area contributed by atoms with E-state index < -0.39 is 11.9 Å². The Kier molecular flexibility index (Phi) is 7.65. The predicted molar refractivity (Wildman–Crippen MR) is 131 cm³/mol. The van der Waals surface area contributed by atoms with E-state index in [0.717, 1.165) is 7.14 Å². The third-order valence-corrected chi connectivity index (χ3v) is 5.81. The highest BCUT2D eigenvalue weighted by Crippen LogP contribution is 2.31. The molecule has 0 spiro atoms. The molecule has 0 aliphatic rings. The molecule has 31 heavy (non-hydrogen) atoms. The van der Waals surface area contributed by atoms with Gasteiger partial charge in [-0.15, -0.1) is 0 Å². The molecule has 0 unspecified atom stereocenters. The van der Waals surface area contributed by atoms with Gasteiger partial charge in [-0.2, -0.15) is 0 Å². The van der Waals surface area contributed by atoms with Crippen molar-refractivity contribution < 1.29 is 29.0 Å². The summed E-state index contributed by atoms with van der Waals surface area (Å²) in [6.07, 6.45) is 0. The molecule has 0 amide bonds. The summed E-state index contributed by atoms with van der Waals surface area (Å²) in [4.78, 5) is 35.4. The second kappa shape index (κ2) is 10.2. The Morgan fingerprint density at radius 3 is 2.13 bits per heavy atom. The second-order valence-corrected chi connectivity index (χ2v) is 8.81. The summed E-state index contributed by atoms with van der Waals surface area (Å²) in [5, 5.41) is 9.39. The van der Waals surface area contributed by atoms with Crippen molar-refractivity contribution in [3.63, 3.8) is 0 Å². The third kappa shape index (κ3) is 5.82. The van der Waals surface area contributed by atoms with Gasteiger partial charge in [0.1, 0.15) is 23.7 Å². The van der Waals surface area contributed by atoms with E-state index in [1.807, 2.05) is 18.2 Å². The van der Waals surface area contributed by atoms with Crippen molar-refractivity contribution >= 4 is 62.9 Å². The molecule has 0 saturated carbocycles. The van der Waals surface area contributed by atoms with Crippen molar-refractivity contribution in [1.29, 1.82) is 0 Å². The van der Waals surface area contributed by atoms with Crippen molar-refractivity contribution in [1.82, 2.24) is 0 Å². The Bertz CT molecular complexity index is 1130. The van der Waals surface area contributed by atoms with Crippen LogP contribution in [-0.2, 0) is 11.4 Å². The smallest absolute Gasteiger partial charge is 0.339 e. The zero-order valence-electron chi connectivity index (χ0n) is 16.2. The largest absolute Gasteiger partial charge is 0.487 e. The fourth-order valence-corrected chi connectivity index (χ4v) is 4.90. The highest BCUT2D eigenvalue weighted by Gasteiger charge is 2.17. The summed E-state index contributed by atoms with van der Waals surface area (Å²) in [5.41, 5.74) is 1.65. The van der Waals surface area contributed by atoms with Crippen molar-refractivity contribution in [3.05, 3.63) is 90.1 Å². The van der Waals surface area contributed by atoms with E-state index in [1.54, 1.807) is 30.3 Å². The summed E-state index contributed by atoms with van der Waals surface area (Å²) in [6.45, 7) is 1.32. The number of hydrogen-bond acceptors (Lipinski definition) is 5. The molecule has 0 aromatic heterocycles. The molecule has 0 aliphatic carbocycles. The third-order valence-electron chi connectivity index (χ3n) is 4.21. The highest BCUT2D eigenvalue weighted by molar-refractivity contribution is 14.1. The van der Waals surface area contributed by atoms with Gasteiger partial charge in [-0.1, -0.05) is 36.4 Å². The highest BCUT2D eigenvalue weighted by atomic mass is 127. The van der Waals surface area contributed by atoms with E-state index in [2.05, 4.69) is 45.2 Å². The van der Waals surface area contributed by atoms with E-state index in [1.165, 1.54) is 19.1 Å². The van der Waals surface area contributed by atoms with E-state index in [0.29, 0.717) is 22.4 Å². The lowest BCUT2D eigenvalue weighted by atomic mass is 10.0. The lowest BCUT2D eigenvalue weighted by molar-refractivity contribution is -0.131. The Morgan fingerprint density at radius 1 is 0.903 bits per heavy atom. The molecular formula is C23H16I2O6. The Morgan fingerprint density at radius 2 is 1.55 bits per heavy atom. The topological polar surface area (TPSA) is 89.9 Å². The van der Waals surface area contributed by atoms with Crippen LogP contribution in [0.2, 0.25) is 0 Å². The number of halogens is 2. The van der Waals surface area contributed by atoms with Crippen LogP contribution in [0.4, 0.5) is 0 Å². The first-order valence-electron chi connectivity index (χ1n) is 9.02. The van der Waals surface area contributed by atoms with Gasteiger partial charge in [0.2, 0.25) is 0 Å². The Balaban J connectivity index is 1.81. The van der Waals surface area contributed by atoms with Crippen LogP contribution in [0.1, 0.15) is 38.8 Å². The molecule has 3 aromatic carbocycles. The first-order valence-corrected chi connectivity index (χ1v) is 11.2. The molecule has 0 fully saturated rings. The summed E-state index contributed by atoms with van der Waals surface area (Å²) >= 11 is 4.22. The van der Waals surface area contributed by atoms with Crippen molar-refractivity contribution in [3.8, 4) is 11.5 Å². The van der Waals surface area contributed by atoms with E-state index in [9.17, 15) is 19.5 Å². The molecule has 0 radical (unpaired) electrons. The van der Waals surface area contributed by atoms with Crippen LogP contribution in [0, 0.1) is 7.14 Å². The molecule has 3 rings (SSSR count). The number of esters is 1. The maximum atomic E-state index is 12.7. The number of carboxylic acids is 1. The minimum Gasteiger partial charge on any atom is -0.487 e. The second-order valence-electron chi connectivity index (χ2n) is 6.48. The van der Waals surface area contributed by atoms with Gasteiger partial charge in [-0.25, -0.2) is 4.79 Å². The van der Waals surface area contributed by atoms with E-state index in [4.69, 9.17) is 9.47 Å². The fraction of sp³-hybridized carbons (Fsp3) is 0.0870. The van der Waals surface area contributed by atoms with Gasteiger partial charge in [-0.3, -0.25) is 9.59 Å². The molecule has 0 saturated heterocycles. The normalized spacial score (nSPS) is 10.4. The van der Waals surface area contributed by atoms with Crippen LogP contribution < -0.4 is 9.47 Å². The van der Waals surface area contributed by atoms with Crippen LogP contribution >= 0.6 is 45.2 Å². The molecule has 158 valence electrons. The molecule has 3 aromatic rings. The lowest BCUT2D eigenvalue weighted by Gasteiger charge is -2.13. The van der Waals surface area contributed by atoms with E-state index >= 15 is 0 Å². The summed E-state index contributed by atoms with van der Waals surface area (Å²) < 4.78 is 12.4. The molecule has 0 heterocycles. The zero-order valence-corrected chi connectivity index (χ0v) is 20.5. The van der Waals surface area contributed by atoms with Gasteiger partial charge in [-0.05, 0) is 75.0 Å². The SMILES string of the molecule is CC(=O)Oc1ccc(COc2c(I)cc(C(=O)c3ccccc3)cc2I)cc1C(=O)O. The number of hydrogen-bond donors (Lipinski definition) is 1. The number of carbonyl (C=O) groups excluding carboxylic acids is 2. The van der Waals surface area contributed by atoms with Crippen LogP contribution in [-0.4, -0.2) is 22.8 Å². The fourth-order valence-electron chi connectivity index (χ4n) is 2.82. The van der Waals surface area contributed by atoms with Crippen LogP contribution in [0.5, 0.6) is 11.5 Å². The number of ether oxygens (including phenoxy) is 2. The van der Waals surface area contributed by atoms with Gasteiger partial charge in [0, 0.05) is 18.1 Å². The van der Waals surface area contributed by atoms with E-state index in [-0.39, 0.29) is 23.7 Å². The first-order chi connectivity index (χ1) is 14.8. The molecular weight excluding hydrogens is 626 g/mol. The molecule has 8 heteroatoms. The quantitative estimate of drug-likeness (QED) is 0.162. The predicted octanol–water partition coefficient (Wildman–Crippen LogP) is 5.33. The summed E-state index contributed by atoms with van der Waals surface area (Å²) in [7, 11) is 0. The number of ketones is 1. The lowest BCUT2D eigenvalue weighted by Crippen LogP contribution is -2.09. The zero-order chi connectivity index (χ0) is 22.5. The summed E-state index contributed by atoms with van der Waals surface area (Å²) in [6, 6.07) is 17.0. The van der Waals surface area contributed by atoms with Crippen LogP contribution in [0.15, 0.2) is 60.7 Å². The maximum Gasteiger partial charge on any atom is 0.339 e. The number of carboxylic acid groups (broad SMARTS) is 1. The van der Waals surface area contributed by atoms with Gasteiger partial charge < -0.3 is 14.6 Å². The van der Waals surface area contributed by atoms with Crippen LogP contribution in [0.25, 0.3) is 0 Å². The average molecular weight is 642 g/mol. The first kappa shape index (κ1) is 23.2. The van der Waals surface area contributed by atoms with Gasteiger partial charge in [0.05, 0.1) is 7.14 Å². The minimum absolute atomic E-state index is 0.0170. The number of carbonyl (C=O) groups is 3. The summed E-state index contributed by atoms with van der Waals surface area (Å²) in [5.74, 6) is -1.29. The van der Waals surface area contributed by atoms with Gasteiger partial charge in [0.15, 0.2) is 5.78 Å². The molecule has 0 bridgehead atoms. The monoisotopic (exact) mass is 642 g/mol. The molecule has 6 nitrogen and oxygen atoms in total. The number of rotatable bonds is 7. The van der Waals surface area contributed by atoms with Crippen LogP contribution in [0.3, 0.4) is 0 Å². The van der Waals surface area contributed by atoms with Crippen molar-refractivity contribution in [2.45, 2.75) is 13.5 Å². The standard InChI is InChI=1S/C23H16I2O6/c1-13(26)31-20-8-7-14(9-17(20)23(28)29)12-30-22-18(24)10-16(11-19(22)25)21(27)15-5-3-2-4-6-15/h2-11H,12H2,1H3,(H,28,29). The Labute approximate surface area is 205 Å². The van der Waals surface area contributed by atoms with Gasteiger partial charge in [0.25, 0.3) is 0 Å². The maximum absolute atomic E-state index is 12.7. The van der Waals surface area contributed by atoms with Crippen molar-refractivity contribution in [2.75, 3.05) is 0 Å². The van der Waals surface area contributed by atoms with Crippen molar-refractivity contribution in [2.24, 2.45) is 0 Å². The molecule has 0 atom stereocenters. The minimum atomic E-state index is -1.20. The number of aromatic carboxylic acids is 1. The Hall–Kier alpha value is -2.47. The molecule has 0 aliphatic heterocycles. The number of benzene rings is 3.